The van der Waals surface area contributed by atoms with Crippen LogP contribution in [0.4, 0.5) is 0 Å². The van der Waals surface area contributed by atoms with Gasteiger partial charge < -0.3 is 18.9 Å². The summed E-state index contributed by atoms with van der Waals surface area (Å²) in [5.74, 6) is -0.988. The maximum Gasteiger partial charge on any atom is 0.472 e. The van der Waals surface area contributed by atoms with Gasteiger partial charge in [-0.3, -0.25) is 18.6 Å². The lowest BCUT2D eigenvalue weighted by Crippen LogP contribution is -2.37. The molecule has 0 aliphatic carbocycles. The Bertz CT molecular complexity index is 638. The lowest BCUT2D eigenvalue weighted by atomic mass is 10.0. The predicted octanol–water partition coefficient (Wildman–Crippen LogP) is 6.17. The second-order valence-corrected chi connectivity index (χ2v) is 12.3. The number of nitrogens with zero attached hydrogens (tertiary/aromatic N) is 1. The van der Waals surface area contributed by atoms with Crippen molar-refractivity contribution >= 4 is 19.8 Å². The van der Waals surface area contributed by atoms with E-state index in [0.29, 0.717) is 17.4 Å². The highest BCUT2D eigenvalue weighted by atomic mass is 31.2. The molecule has 0 aliphatic rings. The number of carbonyl (C=O) groups excluding carboxylic acids is 2. The lowest BCUT2D eigenvalue weighted by molar-refractivity contribution is -0.870. The quantitative estimate of drug-likeness (QED) is 0.0620. The molecule has 220 valence electrons. The third-order valence-electron chi connectivity index (χ3n) is 5.94. The van der Waals surface area contributed by atoms with Crippen LogP contribution in [0.3, 0.4) is 0 Å². The van der Waals surface area contributed by atoms with Gasteiger partial charge in [0.25, 0.3) is 0 Å². The van der Waals surface area contributed by atoms with E-state index in [1.807, 2.05) is 21.1 Å². The Hall–Kier alpha value is -0.990. The van der Waals surface area contributed by atoms with Gasteiger partial charge in [0.15, 0.2) is 6.10 Å². The maximum absolute atomic E-state index is 12.1. The number of rotatable bonds is 25. The summed E-state index contributed by atoms with van der Waals surface area (Å²) in [7, 11) is 1.47. The normalized spacial score (nSPS) is 14.2. The van der Waals surface area contributed by atoms with Crippen LogP contribution in [0.2, 0.25) is 0 Å². The number of ether oxygens (including phenoxy) is 2. The molecule has 0 amide bonds. The third-order valence-corrected chi connectivity index (χ3v) is 6.92. The SMILES string of the molecule is CCCCCCCCCCCCCCCCC(=O)OC[C@@H](COP(=O)(O)OCC[N+](C)(C)C)OC(C)=O. The van der Waals surface area contributed by atoms with Crippen molar-refractivity contribution in [2.24, 2.45) is 0 Å². The van der Waals surface area contributed by atoms with Gasteiger partial charge in [0.2, 0.25) is 0 Å². The average molecular weight is 553 g/mol. The molecule has 0 saturated heterocycles. The van der Waals surface area contributed by atoms with Gasteiger partial charge in [-0.15, -0.1) is 0 Å². The molecule has 10 heteroatoms. The standard InChI is InChI=1S/C27H54NO8P/c1-6-7-8-9-10-11-12-13-14-15-16-17-18-19-20-27(30)33-23-26(36-25(2)29)24-35-37(31,32)34-22-21-28(3,4)5/h26H,6-24H2,1-5H3/p+1/t26-/m0/s1. The number of phosphoric ester groups is 1. The van der Waals surface area contributed by atoms with Gasteiger partial charge in [-0.1, -0.05) is 90.4 Å². The number of unbranched alkanes of at least 4 members (excludes halogenated alkanes) is 13. The molecule has 0 radical (unpaired) electrons. The number of esters is 2. The lowest BCUT2D eigenvalue weighted by Gasteiger charge is -2.24. The number of likely N-dealkylation sites (N-methyl/N-ethyl adjacent to an activating group) is 1. The highest BCUT2D eigenvalue weighted by molar-refractivity contribution is 7.47. The van der Waals surface area contributed by atoms with Gasteiger partial charge in [-0.05, 0) is 6.42 Å². The van der Waals surface area contributed by atoms with Crippen molar-refractivity contribution in [3.05, 3.63) is 0 Å². The minimum absolute atomic E-state index is 0.0314. The summed E-state index contributed by atoms with van der Waals surface area (Å²) in [6.07, 6.45) is 16.7. The highest BCUT2D eigenvalue weighted by Crippen LogP contribution is 2.43. The zero-order valence-corrected chi connectivity index (χ0v) is 25.1. The van der Waals surface area contributed by atoms with E-state index in [0.717, 1.165) is 19.3 Å². The van der Waals surface area contributed by atoms with Gasteiger partial charge in [0, 0.05) is 13.3 Å². The van der Waals surface area contributed by atoms with Crippen molar-refractivity contribution in [1.29, 1.82) is 0 Å². The minimum atomic E-state index is -4.31. The number of quaternary nitrogens is 1. The van der Waals surface area contributed by atoms with Crippen molar-refractivity contribution < 1.29 is 42.1 Å². The second kappa shape index (κ2) is 21.9. The van der Waals surface area contributed by atoms with Crippen LogP contribution >= 0.6 is 7.82 Å². The fraction of sp³-hybridized carbons (Fsp3) is 0.926. The van der Waals surface area contributed by atoms with E-state index in [1.54, 1.807) is 0 Å². The fourth-order valence-electron chi connectivity index (χ4n) is 3.72. The van der Waals surface area contributed by atoms with Crippen molar-refractivity contribution in [3.63, 3.8) is 0 Å². The van der Waals surface area contributed by atoms with Crippen LogP contribution in [0.5, 0.6) is 0 Å². The number of carbonyl (C=O) groups is 2. The molecule has 37 heavy (non-hydrogen) atoms. The van der Waals surface area contributed by atoms with Crippen LogP contribution in [-0.4, -0.2) is 74.9 Å². The first-order valence-electron chi connectivity index (χ1n) is 14.2. The Kier molecular flexibility index (Phi) is 21.3. The monoisotopic (exact) mass is 552 g/mol. The van der Waals surface area contributed by atoms with E-state index in [9.17, 15) is 19.0 Å². The summed E-state index contributed by atoms with van der Waals surface area (Å²) in [5.41, 5.74) is 0. The van der Waals surface area contributed by atoms with Gasteiger partial charge in [-0.25, -0.2) is 4.57 Å². The van der Waals surface area contributed by atoms with E-state index in [-0.39, 0.29) is 19.2 Å². The molecule has 9 nitrogen and oxygen atoms in total. The molecule has 0 rings (SSSR count). The van der Waals surface area contributed by atoms with E-state index in [1.165, 1.54) is 77.6 Å². The van der Waals surface area contributed by atoms with E-state index >= 15 is 0 Å². The number of hydrogen-bond acceptors (Lipinski definition) is 7. The Balaban J connectivity index is 3.91. The summed E-state index contributed by atoms with van der Waals surface area (Å²) >= 11 is 0. The number of hydrogen-bond donors (Lipinski definition) is 1. The van der Waals surface area contributed by atoms with Gasteiger partial charge in [0.1, 0.15) is 19.8 Å². The minimum Gasteiger partial charge on any atom is -0.462 e. The molecular formula is C27H55NO8P+. The smallest absolute Gasteiger partial charge is 0.462 e. The number of phosphoric acid groups is 1. The highest BCUT2D eigenvalue weighted by Gasteiger charge is 2.26. The first kappa shape index (κ1) is 36.0. The largest absolute Gasteiger partial charge is 0.472 e. The first-order chi connectivity index (χ1) is 17.4. The summed E-state index contributed by atoms with van der Waals surface area (Å²) in [6, 6.07) is 0. The van der Waals surface area contributed by atoms with Crippen LogP contribution < -0.4 is 0 Å². The van der Waals surface area contributed by atoms with Crippen molar-refractivity contribution in [2.75, 3.05) is 47.5 Å². The van der Waals surface area contributed by atoms with Crippen LogP contribution in [-0.2, 0) is 32.7 Å². The fourth-order valence-corrected chi connectivity index (χ4v) is 4.46. The third kappa shape index (κ3) is 26.4. The van der Waals surface area contributed by atoms with Crippen molar-refractivity contribution in [1.82, 2.24) is 0 Å². The van der Waals surface area contributed by atoms with Crippen LogP contribution in [0, 0.1) is 0 Å². The summed E-state index contributed by atoms with van der Waals surface area (Å²) in [5, 5.41) is 0. The molecule has 1 unspecified atom stereocenters. The molecule has 0 aromatic rings. The summed E-state index contributed by atoms with van der Waals surface area (Å²) < 4.78 is 32.7. The molecular weight excluding hydrogens is 497 g/mol. The predicted molar refractivity (Wildman–Crippen MR) is 146 cm³/mol. The van der Waals surface area contributed by atoms with Gasteiger partial charge in [-0.2, -0.15) is 0 Å². The zero-order chi connectivity index (χ0) is 28.0. The van der Waals surface area contributed by atoms with Crippen molar-refractivity contribution in [2.45, 2.75) is 116 Å². The molecule has 0 spiro atoms. The molecule has 0 aromatic heterocycles. The van der Waals surface area contributed by atoms with E-state index in [2.05, 4.69) is 6.92 Å². The second-order valence-electron chi connectivity index (χ2n) is 10.9. The van der Waals surface area contributed by atoms with Crippen LogP contribution in [0.15, 0.2) is 0 Å². The zero-order valence-electron chi connectivity index (χ0n) is 24.2. The van der Waals surface area contributed by atoms with Gasteiger partial charge >= 0.3 is 19.8 Å². The summed E-state index contributed by atoms with van der Waals surface area (Å²) in [4.78, 5) is 33.2. The molecule has 0 fully saturated rings. The molecule has 0 bridgehead atoms. The molecule has 2 atom stereocenters. The van der Waals surface area contributed by atoms with Gasteiger partial charge in [0.05, 0.1) is 27.7 Å². The molecule has 0 aromatic carbocycles. The van der Waals surface area contributed by atoms with E-state index in [4.69, 9.17) is 18.5 Å². The van der Waals surface area contributed by atoms with E-state index < -0.39 is 26.5 Å². The van der Waals surface area contributed by atoms with Crippen molar-refractivity contribution in [3.8, 4) is 0 Å². The Labute approximate surface area is 225 Å². The molecule has 1 N–H and O–H groups in total. The Morgan fingerprint density at radius 3 is 1.73 bits per heavy atom. The molecule has 0 aliphatic heterocycles. The molecule has 0 saturated carbocycles. The first-order valence-corrected chi connectivity index (χ1v) is 15.7. The Morgan fingerprint density at radius 1 is 0.784 bits per heavy atom. The van der Waals surface area contributed by atoms with Crippen LogP contribution in [0.25, 0.3) is 0 Å². The topological polar surface area (TPSA) is 108 Å². The average Bonchev–Trinajstić information content (AvgIpc) is 2.79. The molecule has 0 heterocycles. The van der Waals surface area contributed by atoms with Crippen LogP contribution in [0.1, 0.15) is 110 Å². The Morgan fingerprint density at radius 2 is 1.27 bits per heavy atom. The summed E-state index contributed by atoms with van der Waals surface area (Å²) in [6.45, 7) is 3.35. The maximum atomic E-state index is 12.1.